The number of carbonyl (C=O) groups excluding carboxylic acids is 1. The molecule has 3 aromatic rings. The minimum absolute atomic E-state index is 0.0752. The number of hydrogen-bond donors (Lipinski definition) is 0. The van der Waals surface area contributed by atoms with E-state index in [1.165, 1.54) is 29.5 Å². The Bertz CT molecular complexity index is 1200. The van der Waals surface area contributed by atoms with Gasteiger partial charge in [0.05, 0.1) is 38.9 Å². The molecule has 11 heteroatoms. The van der Waals surface area contributed by atoms with E-state index in [1.807, 2.05) is 19.1 Å². The molecule has 2 heterocycles. The van der Waals surface area contributed by atoms with Gasteiger partial charge in [-0.25, -0.2) is 4.98 Å². The van der Waals surface area contributed by atoms with Crippen molar-refractivity contribution in [2.45, 2.75) is 13.3 Å². The van der Waals surface area contributed by atoms with Gasteiger partial charge in [-0.15, -0.1) is 0 Å². The number of nitrogens with zero attached hydrogens (tertiary/aromatic N) is 4. The number of morpholine rings is 1. The predicted molar refractivity (Wildman–Crippen MR) is 131 cm³/mol. The summed E-state index contributed by atoms with van der Waals surface area (Å²) in [6.07, 6.45) is 0.702. The average molecular weight is 509 g/mol. The van der Waals surface area contributed by atoms with Gasteiger partial charge >= 0.3 is 0 Å². The van der Waals surface area contributed by atoms with Crippen LogP contribution >= 0.6 is 34.5 Å². The van der Waals surface area contributed by atoms with Gasteiger partial charge in [-0.3, -0.25) is 24.7 Å². The van der Waals surface area contributed by atoms with Crippen molar-refractivity contribution < 1.29 is 14.5 Å². The van der Waals surface area contributed by atoms with E-state index in [1.54, 1.807) is 4.90 Å². The summed E-state index contributed by atoms with van der Waals surface area (Å²) in [5.41, 5.74) is 1.46. The maximum Gasteiger partial charge on any atom is 0.270 e. The van der Waals surface area contributed by atoms with E-state index in [0.717, 1.165) is 35.4 Å². The Hall–Kier alpha value is -2.30. The van der Waals surface area contributed by atoms with Crippen LogP contribution < -0.4 is 4.90 Å². The minimum Gasteiger partial charge on any atom is -0.379 e. The molecule has 1 fully saturated rings. The predicted octanol–water partition coefficient (Wildman–Crippen LogP) is 5.19. The zero-order valence-electron chi connectivity index (χ0n) is 17.9. The van der Waals surface area contributed by atoms with E-state index < -0.39 is 10.8 Å². The molecule has 0 aliphatic carbocycles. The third-order valence-corrected chi connectivity index (χ3v) is 7.35. The minimum atomic E-state index is -0.543. The van der Waals surface area contributed by atoms with Crippen LogP contribution in [0, 0.1) is 17.0 Å². The van der Waals surface area contributed by atoms with Gasteiger partial charge in [0.25, 0.3) is 11.6 Å². The summed E-state index contributed by atoms with van der Waals surface area (Å²) in [5, 5.41) is 12.5. The maximum absolute atomic E-state index is 13.6. The smallest absolute Gasteiger partial charge is 0.270 e. The monoisotopic (exact) mass is 508 g/mol. The molecule has 0 radical (unpaired) electrons. The summed E-state index contributed by atoms with van der Waals surface area (Å²) in [6.45, 7) is 6.17. The molecule has 2 aromatic carbocycles. The Balaban J connectivity index is 1.66. The Morgan fingerprint density at radius 2 is 1.97 bits per heavy atom. The Labute approximate surface area is 204 Å². The number of benzene rings is 2. The summed E-state index contributed by atoms with van der Waals surface area (Å²) in [6, 6.07) is 7.56. The van der Waals surface area contributed by atoms with E-state index >= 15 is 0 Å². The SMILES string of the molecule is Cc1c(Cl)ccc2sc(N(CCCN3CCOCC3)C(=O)c3cc([N+](=O)[O-])ccc3Cl)nc12. The molecule has 33 heavy (non-hydrogen) atoms. The molecule has 0 unspecified atom stereocenters. The number of ether oxygens (including phenoxy) is 1. The van der Waals surface area contributed by atoms with Crippen LogP contribution in [0.4, 0.5) is 10.8 Å². The van der Waals surface area contributed by atoms with Crippen LogP contribution in [0.3, 0.4) is 0 Å². The molecule has 1 saturated heterocycles. The first-order valence-corrected chi connectivity index (χ1v) is 12.0. The lowest BCUT2D eigenvalue weighted by Gasteiger charge is -2.27. The Morgan fingerprint density at radius 3 is 2.70 bits per heavy atom. The first-order valence-electron chi connectivity index (χ1n) is 10.5. The Morgan fingerprint density at radius 1 is 1.24 bits per heavy atom. The van der Waals surface area contributed by atoms with Crippen LogP contribution in [0.25, 0.3) is 10.2 Å². The number of non-ortho nitro benzene ring substituents is 1. The van der Waals surface area contributed by atoms with Gasteiger partial charge in [0.2, 0.25) is 0 Å². The van der Waals surface area contributed by atoms with Crippen molar-refractivity contribution in [2.24, 2.45) is 0 Å². The van der Waals surface area contributed by atoms with Gasteiger partial charge < -0.3 is 4.74 Å². The van der Waals surface area contributed by atoms with Crippen LogP contribution in [0.5, 0.6) is 0 Å². The number of fused-ring (bicyclic) bond motifs is 1. The van der Waals surface area contributed by atoms with Crippen molar-refractivity contribution >= 4 is 61.5 Å². The third kappa shape index (κ3) is 5.28. The lowest BCUT2D eigenvalue weighted by atomic mass is 10.1. The molecule has 1 aliphatic rings. The second kappa shape index (κ2) is 10.3. The molecular weight excluding hydrogens is 487 g/mol. The zero-order chi connectivity index (χ0) is 23.5. The van der Waals surface area contributed by atoms with E-state index in [0.29, 0.717) is 36.3 Å². The molecule has 0 bridgehead atoms. The summed E-state index contributed by atoms with van der Waals surface area (Å²) in [5.74, 6) is -0.423. The van der Waals surface area contributed by atoms with Crippen LogP contribution in [-0.2, 0) is 4.74 Å². The van der Waals surface area contributed by atoms with Crippen LogP contribution in [0.1, 0.15) is 22.3 Å². The molecule has 8 nitrogen and oxygen atoms in total. The highest BCUT2D eigenvalue weighted by Crippen LogP contribution is 2.35. The van der Waals surface area contributed by atoms with Crippen LogP contribution in [0.15, 0.2) is 30.3 Å². The number of thiazole rings is 1. The highest BCUT2D eigenvalue weighted by atomic mass is 35.5. The quantitative estimate of drug-likeness (QED) is 0.322. The average Bonchev–Trinajstić information content (AvgIpc) is 3.24. The second-order valence-electron chi connectivity index (χ2n) is 7.70. The molecule has 0 spiro atoms. The number of nitro benzene ring substituents is 1. The van der Waals surface area contributed by atoms with Gasteiger partial charge in [-0.1, -0.05) is 34.5 Å². The summed E-state index contributed by atoms with van der Waals surface area (Å²) < 4.78 is 6.30. The number of anilines is 1. The third-order valence-electron chi connectivity index (χ3n) is 5.56. The maximum atomic E-state index is 13.6. The molecule has 0 atom stereocenters. The van der Waals surface area contributed by atoms with E-state index in [9.17, 15) is 14.9 Å². The number of aryl methyl sites for hydroxylation is 1. The number of carbonyl (C=O) groups is 1. The number of aromatic nitrogens is 1. The second-order valence-corrected chi connectivity index (χ2v) is 9.52. The van der Waals surface area contributed by atoms with Gasteiger partial charge in [-0.2, -0.15) is 0 Å². The van der Waals surface area contributed by atoms with E-state index in [2.05, 4.69) is 4.90 Å². The van der Waals surface area contributed by atoms with Gasteiger partial charge in [-0.05, 0) is 37.1 Å². The summed E-state index contributed by atoms with van der Waals surface area (Å²) in [7, 11) is 0. The zero-order valence-corrected chi connectivity index (χ0v) is 20.3. The first kappa shape index (κ1) is 23.8. The highest BCUT2D eigenvalue weighted by Gasteiger charge is 2.26. The number of hydrogen-bond acceptors (Lipinski definition) is 7. The fraction of sp³-hybridized carbons (Fsp3) is 0.364. The Kier molecular flexibility index (Phi) is 7.45. The molecule has 1 aliphatic heterocycles. The molecular formula is C22H22Cl2N4O4S. The van der Waals surface area contributed by atoms with Gasteiger partial charge in [0.1, 0.15) is 0 Å². The molecule has 0 N–H and O–H groups in total. The van der Waals surface area contributed by atoms with Gasteiger partial charge in [0, 0.05) is 43.3 Å². The lowest BCUT2D eigenvalue weighted by molar-refractivity contribution is -0.384. The molecule has 1 aromatic heterocycles. The highest BCUT2D eigenvalue weighted by molar-refractivity contribution is 7.22. The van der Waals surface area contributed by atoms with Crippen molar-refractivity contribution in [3.63, 3.8) is 0 Å². The number of amides is 1. The van der Waals surface area contributed by atoms with Crippen molar-refractivity contribution in [2.75, 3.05) is 44.3 Å². The summed E-state index contributed by atoms with van der Waals surface area (Å²) >= 11 is 13.9. The number of halogens is 2. The molecule has 174 valence electrons. The van der Waals surface area contributed by atoms with Gasteiger partial charge in [0.15, 0.2) is 5.13 Å². The standard InChI is InChI=1S/C22H22Cl2N4O4S/c1-14-17(23)5-6-19-20(14)25-22(33-19)27(8-2-7-26-9-11-32-12-10-26)21(29)16-13-15(28(30)31)3-4-18(16)24/h3-6,13H,2,7-12H2,1H3. The van der Waals surface area contributed by atoms with E-state index in [4.69, 9.17) is 32.9 Å². The van der Waals surface area contributed by atoms with Crippen LogP contribution in [0.2, 0.25) is 10.0 Å². The molecule has 0 saturated carbocycles. The molecule has 4 rings (SSSR count). The largest absolute Gasteiger partial charge is 0.379 e. The first-order chi connectivity index (χ1) is 15.8. The van der Waals surface area contributed by atoms with Crippen LogP contribution in [-0.4, -0.2) is 60.1 Å². The number of rotatable bonds is 7. The lowest BCUT2D eigenvalue weighted by Crippen LogP contribution is -2.39. The van der Waals surface area contributed by atoms with Crippen molar-refractivity contribution in [3.8, 4) is 0 Å². The van der Waals surface area contributed by atoms with E-state index in [-0.39, 0.29) is 16.3 Å². The van der Waals surface area contributed by atoms with Crippen molar-refractivity contribution in [1.82, 2.24) is 9.88 Å². The number of nitro groups is 1. The van der Waals surface area contributed by atoms with Crippen molar-refractivity contribution in [3.05, 3.63) is 61.6 Å². The fourth-order valence-corrected chi connectivity index (χ4v) is 5.10. The fourth-order valence-electron chi connectivity index (χ4n) is 3.70. The summed E-state index contributed by atoms with van der Waals surface area (Å²) in [4.78, 5) is 32.8. The van der Waals surface area contributed by atoms with Crippen molar-refractivity contribution in [1.29, 1.82) is 0 Å². The molecule has 1 amide bonds. The topological polar surface area (TPSA) is 88.8 Å². The normalized spacial score (nSPS) is 14.5.